The number of benzene rings is 1. The summed E-state index contributed by atoms with van der Waals surface area (Å²) in [4.78, 5) is 22.2. The summed E-state index contributed by atoms with van der Waals surface area (Å²) >= 11 is 6.21. The molecule has 0 spiro atoms. The van der Waals surface area contributed by atoms with E-state index in [4.69, 9.17) is 11.6 Å². The summed E-state index contributed by atoms with van der Waals surface area (Å²) in [6.45, 7) is 6.76. The van der Waals surface area contributed by atoms with Crippen LogP contribution in [0.5, 0.6) is 0 Å². The summed E-state index contributed by atoms with van der Waals surface area (Å²) in [5, 5.41) is 5.59. The summed E-state index contributed by atoms with van der Waals surface area (Å²) in [5.41, 5.74) is 2.01. The summed E-state index contributed by atoms with van der Waals surface area (Å²) in [7, 11) is 0. The van der Waals surface area contributed by atoms with Crippen molar-refractivity contribution in [3.05, 3.63) is 57.7 Å². The van der Waals surface area contributed by atoms with Crippen molar-refractivity contribution in [1.29, 1.82) is 0 Å². The Balaban J connectivity index is 2.08. The van der Waals surface area contributed by atoms with Crippen molar-refractivity contribution in [2.75, 3.05) is 0 Å². The molecular weight excluding hydrogens is 362 g/mol. The number of halogens is 1. The van der Waals surface area contributed by atoms with Crippen LogP contribution in [0.15, 0.2) is 41.3 Å². The smallest absolute Gasteiger partial charge is 0.262 e. The second-order valence-corrected chi connectivity index (χ2v) is 7.54. The maximum Gasteiger partial charge on any atom is 0.262 e. The second kappa shape index (κ2) is 6.78. The third-order valence-corrected chi connectivity index (χ3v) is 4.79. The van der Waals surface area contributed by atoms with Crippen molar-refractivity contribution in [3.63, 3.8) is 0 Å². The van der Waals surface area contributed by atoms with E-state index in [2.05, 4.69) is 28.9 Å². The number of hydrogen-bond acceptors (Lipinski definition) is 4. The molecule has 0 amide bonds. The molecule has 4 rings (SSSR count). The lowest BCUT2D eigenvalue weighted by Gasteiger charge is -2.12. The molecule has 0 saturated heterocycles. The molecule has 0 aliphatic carbocycles. The van der Waals surface area contributed by atoms with Gasteiger partial charge in [0.1, 0.15) is 5.82 Å². The minimum absolute atomic E-state index is 0.0781. The van der Waals surface area contributed by atoms with Gasteiger partial charge >= 0.3 is 0 Å². The molecule has 4 aromatic rings. The zero-order chi connectivity index (χ0) is 19.1. The maximum atomic E-state index is 13.3. The van der Waals surface area contributed by atoms with Gasteiger partial charge in [0.2, 0.25) is 0 Å². The Kier molecular flexibility index (Phi) is 4.44. The first-order valence-corrected chi connectivity index (χ1v) is 9.34. The highest BCUT2D eigenvalue weighted by molar-refractivity contribution is 6.30. The predicted octanol–water partition coefficient (Wildman–Crippen LogP) is 4.11. The van der Waals surface area contributed by atoms with Crippen molar-refractivity contribution < 1.29 is 0 Å². The van der Waals surface area contributed by atoms with Crippen LogP contribution in [0, 0.1) is 12.8 Å². The van der Waals surface area contributed by atoms with E-state index in [1.165, 1.54) is 0 Å². The quantitative estimate of drug-likeness (QED) is 0.533. The van der Waals surface area contributed by atoms with Crippen molar-refractivity contribution >= 4 is 28.3 Å². The minimum atomic E-state index is -0.0781. The van der Waals surface area contributed by atoms with E-state index in [1.807, 2.05) is 37.4 Å². The largest absolute Gasteiger partial charge is 0.315 e. The van der Waals surface area contributed by atoms with Crippen LogP contribution in [0.2, 0.25) is 5.02 Å². The average Bonchev–Trinajstić information content (AvgIpc) is 2.99. The fourth-order valence-electron chi connectivity index (χ4n) is 3.20. The van der Waals surface area contributed by atoms with Crippen LogP contribution in [-0.4, -0.2) is 24.1 Å². The Morgan fingerprint density at radius 3 is 2.74 bits per heavy atom. The summed E-state index contributed by atoms with van der Waals surface area (Å²) in [6.07, 6.45) is 2.73. The molecule has 0 radical (unpaired) electrons. The highest BCUT2D eigenvalue weighted by Gasteiger charge is 2.18. The van der Waals surface area contributed by atoms with E-state index in [0.717, 1.165) is 12.0 Å². The molecule has 0 bridgehead atoms. The molecule has 0 saturated carbocycles. The van der Waals surface area contributed by atoms with Crippen molar-refractivity contribution in [2.45, 2.75) is 33.7 Å². The number of aryl methyl sites for hydroxylation is 2. The fraction of sp³-hybridized carbons (Fsp3) is 0.300. The zero-order valence-corrected chi connectivity index (χ0v) is 16.2. The Labute approximate surface area is 161 Å². The molecule has 0 fully saturated rings. The normalized spacial score (nSPS) is 11.7. The van der Waals surface area contributed by atoms with Gasteiger partial charge in [-0.1, -0.05) is 37.6 Å². The maximum absolute atomic E-state index is 13.3. The van der Waals surface area contributed by atoms with Crippen molar-refractivity contribution in [3.8, 4) is 11.3 Å². The van der Waals surface area contributed by atoms with Gasteiger partial charge in [0.15, 0.2) is 0 Å². The van der Waals surface area contributed by atoms with Gasteiger partial charge in [-0.3, -0.25) is 4.79 Å². The van der Waals surface area contributed by atoms with E-state index in [9.17, 15) is 4.79 Å². The molecule has 0 unspecified atom stereocenters. The van der Waals surface area contributed by atoms with Crippen LogP contribution < -0.4 is 5.56 Å². The van der Waals surface area contributed by atoms with Gasteiger partial charge in [0.05, 0.1) is 16.6 Å². The molecule has 138 valence electrons. The Hall–Kier alpha value is -2.73. The van der Waals surface area contributed by atoms with Crippen molar-refractivity contribution in [2.24, 2.45) is 5.92 Å². The summed E-state index contributed by atoms with van der Waals surface area (Å²) < 4.78 is 3.38. The van der Waals surface area contributed by atoms with Crippen LogP contribution in [0.25, 0.3) is 27.9 Å². The number of fused-ring (bicyclic) bond motifs is 2. The van der Waals surface area contributed by atoms with Crippen LogP contribution in [0.1, 0.15) is 26.1 Å². The average molecular weight is 382 g/mol. The van der Waals surface area contributed by atoms with Crippen LogP contribution in [-0.2, 0) is 6.54 Å². The first-order chi connectivity index (χ1) is 12.9. The topological polar surface area (TPSA) is 65.1 Å². The lowest BCUT2D eigenvalue weighted by molar-refractivity contribution is 0.509. The SMILES string of the molecule is Cc1nc2nc3ccn(CCC(C)C)c(=O)c3c(-c3cccc(Cl)c3)n2n1. The third kappa shape index (κ3) is 3.21. The lowest BCUT2D eigenvalue weighted by atomic mass is 10.1. The molecule has 6 nitrogen and oxygen atoms in total. The Morgan fingerprint density at radius 2 is 2.00 bits per heavy atom. The first-order valence-electron chi connectivity index (χ1n) is 8.96. The van der Waals surface area contributed by atoms with E-state index in [0.29, 0.717) is 45.7 Å². The Morgan fingerprint density at radius 1 is 1.19 bits per heavy atom. The molecule has 3 heterocycles. The molecule has 27 heavy (non-hydrogen) atoms. The van der Waals surface area contributed by atoms with E-state index < -0.39 is 0 Å². The number of rotatable bonds is 4. The van der Waals surface area contributed by atoms with Gasteiger partial charge in [0, 0.05) is 23.3 Å². The van der Waals surface area contributed by atoms with Gasteiger partial charge in [-0.15, -0.1) is 5.10 Å². The number of hydrogen-bond donors (Lipinski definition) is 0. The molecular formula is C20H20ClN5O. The second-order valence-electron chi connectivity index (χ2n) is 7.10. The fourth-order valence-corrected chi connectivity index (χ4v) is 3.39. The summed E-state index contributed by atoms with van der Waals surface area (Å²) in [5.74, 6) is 1.58. The van der Waals surface area contributed by atoms with Crippen LogP contribution in [0.4, 0.5) is 0 Å². The molecule has 1 aromatic carbocycles. The minimum Gasteiger partial charge on any atom is -0.315 e. The Bertz CT molecular complexity index is 1210. The lowest BCUT2D eigenvalue weighted by Crippen LogP contribution is -2.22. The van der Waals surface area contributed by atoms with E-state index in [1.54, 1.807) is 15.1 Å². The highest BCUT2D eigenvalue weighted by atomic mass is 35.5. The molecule has 0 N–H and O–H groups in total. The monoisotopic (exact) mass is 381 g/mol. The number of aromatic nitrogens is 5. The molecule has 0 aliphatic heterocycles. The third-order valence-electron chi connectivity index (χ3n) is 4.55. The number of pyridine rings is 1. The predicted molar refractivity (Wildman–Crippen MR) is 107 cm³/mol. The van der Waals surface area contributed by atoms with Crippen LogP contribution >= 0.6 is 11.6 Å². The highest BCUT2D eigenvalue weighted by Crippen LogP contribution is 2.28. The molecule has 3 aromatic heterocycles. The molecule has 7 heteroatoms. The van der Waals surface area contributed by atoms with Gasteiger partial charge in [-0.05, 0) is 37.5 Å². The van der Waals surface area contributed by atoms with E-state index in [-0.39, 0.29) is 5.56 Å². The molecule has 0 aliphatic rings. The van der Waals surface area contributed by atoms with E-state index >= 15 is 0 Å². The zero-order valence-electron chi connectivity index (χ0n) is 15.5. The summed E-state index contributed by atoms with van der Waals surface area (Å²) in [6, 6.07) is 9.29. The van der Waals surface area contributed by atoms with Crippen molar-refractivity contribution in [1.82, 2.24) is 24.1 Å². The first kappa shape index (κ1) is 17.7. The van der Waals surface area contributed by atoms with Gasteiger partial charge in [-0.2, -0.15) is 9.50 Å². The van der Waals surface area contributed by atoms with Gasteiger partial charge in [-0.25, -0.2) is 4.98 Å². The van der Waals surface area contributed by atoms with Gasteiger partial charge in [0.25, 0.3) is 11.3 Å². The molecule has 0 atom stereocenters. The van der Waals surface area contributed by atoms with Crippen LogP contribution in [0.3, 0.4) is 0 Å². The standard InChI is InChI=1S/C20H20ClN5O/c1-12(2)7-9-25-10-8-16-17(19(25)27)18(14-5-4-6-15(21)11-14)26-20(23-16)22-13(3)24-26/h4-6,8,10-12H,7,9H2,1-3H3. The number of nitrogens with zero attached hydrogens (tertiary/aromatic N) is 5. The van der Waals surface area contributed by atoms with Gasteiger partial charge < -0.3 is 4.57 Å².